The molecule has 0 aliphatic carbocycles. The maximum atomic E-state index is 12.3. The van der Waals surface area contributed by atoms with Crippen molar-refractivity contribution in [2.75, 3.05) is 5.32 Å². The van der Waals surface area contributed by atoms with E-state index < -0.39 is 11.8 Å². The van der Waals surface area contributed by atoms with Crippen LogP contribution in [0, 0.1) is 13.8 Å². The Morgan fingerprint density at radius 1 is 1.08 bits per heavy atom. The number of benzene rings is 1. The average Bonchev–Trinajstić information content (AvgIpc) is 2.93. The van der Waals surface area contributed by atoms with Gasteiger partial charge in [-0.05, 0) is 44.2 Å². The normalized spacial score (nSPS) is 10.5. The molecule has 3 N–H and O–H groups in total. The van der Waals surface area contributed by atoms with Crippen molar-refractivity contribution in [1.82, 2.24) is 20.0 Å². The third-order valence-corrected chi connectivity index (χ3v) is 3.55. The van der Waals surface area contributed by atoms with E-state index in [0.29, 0.717) is 11.5 Å². The molecular formula is C17H16N6O2. The number of nitrogens with one attached hydrogen (secondary N) is 1. The third kappa shape index (κ3) is 3.37. The predicted octanol–water partition coefficient (Wildman–Crippen LogP) is 1.63. The molecule has 25 heavy (non-hydrogen) atoms. The first kappa shape index (κ1) is 16.3. The van der Waals surface area contributed by atoms with Crippen LogP contribution in [-0.4, -0.2) is 31.8 Å². The highest BCUT2D eigenvalue weighted by Crippen LogP contribution is 2.15. The van der Waals surface area contributed by atoms with Crippen LogP contribution < -0.4 is 11.1 Å². The first-order chi connectivity index (χ1) is 12.0. The van der Waals surface area contributed by atoms with Gasteiger partial charge in [-0.25, -0.2) is 4.68 Å². The average molecular weight is 336 g/mol. The molecule has 1 aromatic carbocycles. The predicted molar refractivity (Wildman–Crippen MR) is 91.5 cm³/mol. The molecule has 3 rings (SSSR count). The fourth-order valence-electron chi connectivity index (χ4n) is 2.41. The maximum absolute atomic E-state index is 12.3. The first-order valence-corrected chi connectivity index (χ1v) is 7.53. The van der Waals surface area contributed by atoms with Gasteiger partial charge in [-0.3, -0.25) is 9.59 Å². The molecule has 0 saturated heterocycles. The van der Waals surface area contributed by atoms with Gasteiger partial charge in [-0.15, -0.1) is 10.2 Å². The van der Waals surface area contributed by atoms with Gasteiger partial charge in [-0.2, -0.15) is 5.10 Å². The summed E-state index contributed by atoms with van der Waals surface area (Å²) in [6.45, 7) is 3.79. The van der Waals surface area contributed by atoms with Crippen LogP contribution in [0.4, 0.5) is 5.69 Å². The molecule has 126 valence electrons. The Hall–Kier alpha value is -3.55. The number of nitrogens with two attached hydrogens (primary N) is 1. The number of hydrogen-bond acceptors (Lipinski definition) is 5. The number of aryl methyl sites for hydroxylation is 2. The molecule has 0 atom stereocenters. The zero-order valence-corrected chi connectivity index (χ0v) is 13.7. The van der Waals surface area contributed by atoms with E-state index in [1.807, 2.05) is 19.9 Å². The fraction of sp³-hybridized carbons (Fsp3) is 0.118. The smallest absolute Gasteiger partial charge is 0.276 e. The van der Waals surface area contributed by atoms with Gasteiger partial charge in [0.05, 0.1) is 16.9 Å². The van der Waals surface area contributed by atoms with Gasteiger partial charge in [0, 0.05) is 5.69 Å². The molecule has 8 heteroatoms. The monoisotopic (exact) mass is 336 g/mol. The Bertz CT molecular complexity index is 946. The molecule has 3 aromatic rings. The SMILES string of the molecule is Cc1cc(C)n(-c2ccc(C(=O)Nc3ccccc3C(N)=O)nn2)n1. The fourth-order valence-corrected chi connectivity index (χ4v) is 2.41. The number of amides is 2. The van der Waals surface area contributed by atoms with Gasteiger partial charge in [0.2, 0.25) is 0 Å². The number of para-hydroxylation sites is 1. The van der Waals surface area contributed by atoms with Crippen molar-refractivity contribution in [2.24, 2.45) is 5.73 Å². The van der Waals surface area contributed by atoms with E-state index in [1.54, 1.807) is 35.0 Å². The summed E-state index contributed by atoms with van der Waals surface area (Å²) < 4.78 is 1.65. The van der Waals surface area contributed by atoms with Crippen molar-refractivity contribution in [1.29, 1.82) is 0 Å². The van der Waals surface area contributed by atoms with E-state index in [0.717, 1.165) is 11.4 Å². The Morgan fingerprint density at radius 2 is 1.84 bits per heavy atom. The minimum absolute atomic E-state index is 0.115. The lowest BCUT2D eigenvalue weighted by Gasteiger charge is -2.08. The van der Waals surface area contributed by atoms with Crippen LogP contribution >= 0.6 is 0 Å². The third-order valence-electron chi connectivity index (χ3n) is 3.55. The molecule has 8 nitrogen and oxygen atoms in total. The standard InChI is InChI=1S/C17H16N6O2/c1-10-9-11(2)23(22-10)15-8-7-14(20-21-15)17(25)19-13-6-4-3-5-12(13)16(18)24/h3-9H,1-2H3,(H2,18,24)(H,19,25). The Morgan fingerprint density at radius 3 is 2.44 bits per heavy atom. The van der Waals surface area contributed by atoms with Crippen LogP contribution in [0.25, 0.3) is 5.82 Å². The van der Waals surface area contributed by atoms with Crippen molar-refractivity contribution in [3.05, 3.63) is 65.1 Å². The lowest BCUT2D eigenvalue weighted by atomic mass is 10.1. The van der Waals surface area contributed by atoms with E-state index in [-0.39, 0.29) is 11.3 Å². The summed E-state index contributed by atoms with van der Waals surface area (Å²) in [5, 5.41) is 14.9. The number of nitrogens with zero attached hydrogens (tertiary/aromatic N) is 4. The number of anilines is 1. The van der Waals surface area contributed by atoms with Gasteiger partial charge >= 0.3 is 0 Å². The largest absolute Gasteiger partial charge is 0.366 e. The molecule has 0 unspecified atom stereocenters. The number of hydrogen-bond donors (Lipinski definition) is 2. The zero-order valence-electron chi connectivity index (χ0n) is 13.7. The minimum atomic E-state index is -0.623. The highest BCUT2D eigenvalue weighted by Gasteiger charge is 2.14. The van der Waals surface area contributed by atoms with Crippen LogP contribution in [0.15, 0.2) is 42.5 Å². The summed E-state index contributed by atoms with van der Waals surface area (Å²) in [6.07, 6.45) is 0. The summed E-state index contributed by atoms with van der Waals surface area (Å²) in [7, 11) is 0. The quantitative estimate of drug-likeness (QED) is 0.751. The van der Waals surface area contributed by atoms with Crippen LogP contribution in [0.1, 0.15) is 32.2 Å². The summed E-state index contributed by atoms with van der Waals surface area (Å²) in [6, 6.07) is 11.6. The molecule has 0 radical (unpaired) electrons. The second-order valence-corrected chi connectivity index (χ2v) is 5.48. The van der Waals surface area contributed by atoms with Crippen LogP contribution in [0.5, 0.6) is 0 Å². The first-order valence-electron chi connectivity index (χ1n) is 7.53. The summed E-state index contributed by atoms with van der Waals surface area (Å²) in [4.78, 5) is 23.7. The van der Waals surface area contributed by atoms with E-state index in [4.69, 9.17) is 5.73 Å². The van der Waals surface area contributed by atoms with E-state index >= 15 is 0 Å². The van der Waals surface area contributed by atoms with Gasteiger partial charge in [-0.1, -0.05) is 12.1 Å². The molecule has 0 bridgehead atoms. The van der Waals surface area contributed by atoms with Crippen LogP contribution in [0.2, 0.25) is 0 Å². The second-order valence-electron chi connectivity index (χ2n) is 5.48. The molecule has 0 aliphatic rings. The van der Waals surface area contributed by atoms with E-state index in [2.05, 4.69) is 20.6 Å². The van der Waals surface area contributed by atoms with Gasteiger partial charge in [0.15, 0.2) is 11.5 Å². The highest BCUT2D eigenvalue weighted by molar-refractivity contribution is 6.07. The second kappa shape index (κ2) is 6.52. The topological polar surface area (TPSA) is 116 Å². The van der Waals surface area contributed by atoms with Crippen LogP contribution in [0.3, 0.4) is 0 Å². The Labute approximate surface area is 143 Å². The molecule has 2 amide bonds. The van der Waals surface area contributed by atoms with Crippen molar-refractivity contribution in [2.45, 2.75) is 13.8 Å². The van der Waals surface area contributed by atoms with Crippen molar-refractivity contribution < 1.29 is 9.59 Å². The lowest BCUT2D eigenvalue weighted by molar-refractivity contribution is 0.100. The summed E-state index contributed by atoms with van der Waals surface area (Å²) in [5.41, 5.74) is 7.75. The zero-order chi connectivity index (χ0) is 18.0. The van der Waals surface area contributed by atoms with Gasteiger partial charge in [0.25, 0.3) is 11.8 Å². The number of carbonyl (C=O) groups is 2. The van der Waals surface area contributed by atoms with E-state index in [1.165, 1.54) is 6.07 Å². The molecular weight excluding hydrogens is 320 g/mol. The number of aromatic nitrogens is 4. The minimum Gasteiger partial charge on any atom is -0.366 e. The number of primary amides is 1. The maximum Gasteiger partial charge on any atom is 0.276 e. The summed E-state index contributed by atoms with van der Waals surface area (Å²) in [5.74, 6) is -0.595. The van der Waals surface area contributed by atoms with Crippen molar-refractivity contribution >= 4 is 17.5 Å². The Balaban J connectivity index is 1.82. The number of rotatable bonds is 4. The van der Waals surface area contributed by atoms with Crippen molar-refractivity contribution in [3.63, 3.8) is 0 Å². The highest BCUT2D eigenvalue weighted by atomic mass is 16.2. The molecule has 0 fully saturated rings. The lowest BCUT2D eigenvalue weighted by Crippen LogP contribution is -2.19. The molecule has 0 saturated carbocycles. The molecule has 2 aromatic heterocycles. The molecule has 0 aliphatic heterocycles. The van der Waals surface area contributed by atoms with E-state index in [9.17, 15) is 9.59 Å². The van der Waals surface area contributed by atoms with Gasteiger partial charge < -0.3 is 11.1 Å². The number of carbonyl (C=O) groups excluding carboxylic acids is 2. The van der Waals surface area contributed by atoms with Crippen LogP contribution in [-0.2, 0) is 0 Å². The summed E-state index contributed by atoms with van der Waals surface area (Å²) >= 11 is 0. The Kier molecular flexibility index (Phi) is 4.25. The van der Waals surface area contributed by atoms with Gasteiger partial charge in [0.1, 0.15) is 0 Å². The van der Waals surface area contributed by atoms with Crippen molar-refractivity contribution in [3.8, 4) is 5.82 Å². The molecule has 2 heterocycles. The molecule has 0 spiro atoms.